The highest BCUT2D eigenvalue weighted by Crippen LogP contribution is 2.25. The highest BCUT2D eigenvalue weighted by Gasteiger charge is 2.20. The summed E-state index contributed by atoms with van der Waals surface area (Å²) in [5.41, 5.74) is 0.277. The molecule has 1 atom stereocenters. The lowest BCUT2D eigenvalue weighted by Crippen LogP contribution is -2.41. The van der Waals surface area contributed by atoms with Crippen LogP contribution < -0.4 is 15.3 Å². The van der Waals surface area contributed by atoms with Crippen molar-refractivity contribution in [1.29, 1.82) is 0 Å². The molecule has 1 fully saturated rings. The number of hydrogen-bond acceptors (Lipinski definition) is 7. The van der Waals surface area contributed by atoms with E-state index in [1.165, 1.54) is 12.1 Å². The van der Waals surface area contributed by atoms with Gasteiger partial charge in [-0.1, -0.05) is 0 Å². The molecule has 156 valence electrons. The second-order valence-electron chi connectivity index (χ2n) is 5.98. The molecule has 2 rings (SSSR count). The van der Waals surface area contributed by atoms with Crippen LogP contribution in [-0.2, 0) is 14.4 Å². The highest BCUT2D eigenvalue weighted by molar-refractivity contribution is 5.79. The summed E-state index contributed by atoms with van der Waals surface area (Å²) in [7, 11) is 0. The Morgan fingerprint density at radius 3 is 2.75 bits per heavy atom. The lowest BCUT2D eigenvalue weighted by molar-refractivity contribution is -0.166. The van der Waals surface area contributed by atoms with Gasteiger partial charge in [0.1, 0.15) is 5.82 Å². The molecule has 1 heterocycles. The first-order chi connectivity index (χ1) is 13.3. The summed E-state index contributed by atoms with van der Waals surface area (Å²) in [5, 5.41) is 23.2. The van der Waals surface area contributed by atoms with Gasteiger partial charge in [0.25, 0.3) is 5.91 Å². The van der Waals surface area contributed by atoms with Crippen molar-refractivity contribution in [3.63, 3.8) is 0 Å². The Morgan fingerprint density at radius 2 is 2.11 bits per heavy atom. The Balaban J connectivity index is 1.95. The van der Waals surface area contributed by atoms with Crippen LogP contribution in [0.3, 0.4) is 0 Å². The number of amides is 2. The number of rotatable bonds is 8. The van der Waals surface area contributed by atoms with Gasteiger partial charge in [-0.2, -0.15) is 8.78 Å². The van der Waals surface area contributed by atoms with Crippen molar-refractivity contribution < 1.29 is 37.9 Å². The van der Waals surface area contributed by atoms with Crippen LogP contribution in [0.1, 0.15) is 0 Å². The first-order valence-corrected chi connectivity index (χ1v) is 8.41. The average Bonchev–Trinajstić information content (AvgIpc) is 2.91. The number of carbonyl (C=O) groups excluding carboxylic acids is 2. The van der Waals surface area contributed by atoms with E-state index in [2.05, 4.69) is 0 Å². The number of carbonyl (C=O) groups is 2. The lowest BCUT2D eigenvalue weighted by atomic mass is 10.2. The number of anilines is 2. The summed E-state index contributed by atoms with van der Waals surface area (Å²) in [6.45, 7) is 0.221. The van der Waals surface area contributed by atoms with Gasteiger partial charge in [-0.15, -0.1) is 0 Å². The Bertz CT molecular complexity index is 682. The highest BCUT2D eigenvalue weighted by atomic mass is 19.3. The minimum absolute atomic E-state index is 0.0288. The van der Waals surface area contributed by atoms with Crippen molar-refractivity contribution in [3.8, 4) is 0 Å². The number of aliphatic hydroxyl groups excluding tert-OH is 1. The van der Waals surface area contributed by atoms with Crippen LogP contribution in [-0.4, -0.2) is 79.6 Å². The molecule has 2 amide bonds. The van der Waals surface area contributed by atoms with Gasteiger partial charge in [0, 0.05) is 25.7 Å². The fourth-order valence-electron chi connectivity index (χ4n) is 2.57. The van der Waals surface area contributed by atoms with Gasteiger partial charge in [-0.05, 0) is 12.1 Å². The molecule has 1 saturated heterocycles. The molecular weight excluding hydrogens is 385 g/mol. The lowest BCUT2D eigenvalue weighted by Gasteiger charge is -2.25. The number of hydroxylamine groups is 3. The maximum atomic E-state index is 14.5. The van der Waals surface area contributed by atoms with Gasteiger partial charge in [-0.3, -0.25) is 24.7 Å². The molecular formula is C16H21F3N4O5. The molecule has 0 saturated carbocycles. The van der Waals surface area contributed by atoms with E-state index in [0.717, 1.165) is 11.1 Å². The van der Waals surface area contributed by atoms with Crippen LogP contribution in [0.15, 0.2) is 18.2 Å². The number of aliphatic hydroxyl groups is 1. The summed E-state index contributed by atoms with van der Waals surface area (Å²) >= 11 is 0. The molecule has 3 N–H and O–H groups in total. The Morgan fingerprint density at radius 1 is 1.36 bits per heavy atom. The Hall–Kier alpha value is -2.57. The molecule has 1 aliphatic rings. The van der Waals surface area contributed by atoms with E-state index in [4.69, 9.17) is 4.84 Å². The van der Waals surface area contributed by atoms with Gasteiger partial charge in [-0.25, -0.2) is 9.45 Å². The van der Waals surface area contributed by atoms with Gasteiger partial charge in [0.15, 0.2) is 0 Å². The number of nitrogens with one attached hydrogen (secondary N) is 1. The third-order valence-corrected chi connectivity index (χ3v) is 3.99. The number of alkyl halides is 2. The first-order valence-electron chi connectivity index (χ1n) is 8.41. The van der Waals surface area contributed by atoms with Crippen molar-refractivity contribution in [3.05, 3.63) is 24.0 Å². The van der Waals surface area contributed by atoms with E-state index < -0.39 is 37.3 Å². The molecule has 0 aromatic heterocycles. The Kier molecular flexibility index (Phi) is 7.84. The third kappa shape index (κ3) is 5.97. The van der Waals surface area contributed by atoms with Crippen LogP contribution in [0.2, 0.25) is 0 Å². The molecule has 0 aliphatic carbocycles. The molecule has 0 radical (unpaired) electrons. The minimum Gasteiger partial charge on any atom is -0.389 e. The topological polar surface area (TPSA) is 106 Å². The van der Waals surface area contributed by atoms with Gasteiger partial charge < -0.3 is 15.3 Å². The maximum Gasteiger partial charge on any atom is 0.315 e. The quantitative estimate of drug-likeness (QED) is 0.411. The molecule has 0 unspecified atom stereocenters. The van der Waals surface area contributed by atoms with E-state index in [1.807, 2.05) is 5.32 Å². The van der Waals surface area contributed by atoms with Crippen LogP contribution >= 0.6 is 0 Å². The first kappa shape index (κ1) is 21.7. The third-order valence-electron chi connectivity index (χ3n) is 3.99. The maximum absolute atomic E-state index is 14.5. The fraction of sp³-hybridized carbons (Fsp3) is 0.500. The molecule has 1 aromatic rings. The number of nitrogens with zero attached hydrogens (tertiary/aromatic N) is 3. The summed E-state index contributed by atoms with van der Waals surface area (Å²) in [5.74, 6) is -2.18. The average molecular weight is 406 g/mol. The van der Waals surface area contributed by atoms with E-state index in [1.54, 1.807) is 4.90 Å². The van der Waals surface area contributed by atoms with Gasteiger partial charge >= 0.3 is 6.43 Å². The minimum atomic E-state index is -3.21. The molecule has 0 bridgehead atoms. The van der Waals surface area contributed by atoms with E-state index in [-0.39, 0.29) is 24.5 Å². The molecule has 12 heteroatoms. The standard InChI is InChI=1S/C16H21F3N4O5/c17-13-7-11(23(27)9-12(25)8-20-16(26)15(18)19)1-2-14(13)21-3-4-22(10-24)28-6-5-21/h1-2,7,10,12,15,25,27H,3-6,8-9H2,(H,20,26)/t12-/m0/s1. The number of benzene rings is 1. The SMILES string of the molecule is O=CN1CCN(c2ccc(N(O)C[C@@H](O)CNC(=O)C(F)F)cc2F)CCO1. The predicted molar refractivity (Wildman–Crippen MR) is 91.5 cm³/mol. The number of hydrogen-bond donors (Lipinski definition) is 3. The summed E-state index contributed by atoms with van der Waals surface area (Å²) in [6.07, 6.45) is -4.02. The predicted octanol–water partition coefficient (Wildman–Crippen LogP) is -0.0265. The molecule has 1 aliphatic heterocycles. The van der Waals surface area contributed by atoms with Crippen LogP contribution in [0.25, 0.3) is 0 Å². The van der Waals surface area contributed by atoms with Gasteiger partial charge in [0.05, 0.1) is 37.2 Å². The molecule has 28 heavy (non-hydrogen) atoms. The van der Waals surface area contributed by atoms with Crippen LogP contribution in [0.4, 0.5) is 24.5 Å². The Labute approximate surface area is 158 Å². The van der Waals surface area contributed by atoms with Crippen molar-refractivity contribution in [2.45, 2.75) is 12.5 Å². The van der Waals surface area contributed by atoms with Crippen LogP contribution in [0.5, 0.6) is 0 Å². The second-order valence-corrected chi connectivity index (χ2v) is 5.98. The van der Waals surface area contributed by atoms with Gasteiger partial charge in [0.2, 0.25) is 6.41 Å². The molecule has 9 nitrogen and oxygen atoms in total. The number of halogens is 3. The zero-order valence-corrected chi connectivity index (χ0v) is 14.8. The normalized spacial score (nSPS) is 15.9. The van der Waals surface area contributed by atoms with Crippen LogP contribution in [0, 0.1) is 5.82 Å². The van der Waals surface area contributed by atoms with Crippen molar-refractivity contribution in [2.75, 3.05) is 49.3 Å². The van der Waals surface area contributed by atoms with E-state index in [0.29, 0.717) is 24.6 Å². The molecule has 1 aromatic carbocycles. The molecule has 0 spiro atoms. The zero-order valence-electron chi connectivity index (χ0n) is 14.8. The monoisotopic (exact) mass is 406 g/mol. The van der Waals surface area contributed by atoms with E-state index in [9.17, 15) is 33.1 Å². The second kappa shape index (κ2) is 10.1. The zero-order chi connectivity index (χ0) is 20.7. The largest absolute Gasteiger partial charge is 0.389 e. The smallest absolute Gasteiger partial charge is 0.315 e. The van der Waals surface area contributed by atoms with Crippen molar-refractivity contribution in [1.82, 2.24) is 10.4 Å². The summed E-state index contributed by atoms with van der Waals surface area (Å²) < 4.78 is 38.6. The van der Waals surface area contributed by atoms with E-state index >= 15 is 0 Å². The summed E-state index contributed by atoms with van der Waals surface area (Å²) in [4.78, 5) is 28.3. The summed E-state index contributed by atoms with van der Waals surface area (Å²) in [6, 6.07) is 3.88. The van der Waals surface area contributed by atoms with Crippen molar-refractivity contribution in [2.24, 2.45) is 0 Å². The van der Waals surface area contributed by atoms with Crippen molar-refractivity contribution >= 4 is 23.7 Å². The fourth-order valence-corrected chi connectivity index (χ4v) is 2.57.